The van der Waals surface area contributed by atoms with E-state index in [1.54, 1.807) is 6.07 Å². The summed E-state index contributed by atoms with van der Waals surface area (Å²) < 4.78 is 18.5. The monoisotopic (exact) mass is 249 g/mol. The molecule has 0 saturated heterocycles. The Morgan fingerprint density at radius 1 is 1.33 bits per heavy atom. The SMILES string of the molecule is COc1cc2c(=O)cc(CC(C)C)[nH]c2cc1F. The highest BCUT2D eigenvalue weighted by atomic mass is 19.1. The molecule has 0 bridgehead atoms. The van der Waals surface area contributed by atoms with E-state index < -0.39 is 5.82 Å². The number of aromatic nitrogens is 1. The molecule has 2 rings (SSSR count). The number of methoxy groups -OCH3 is 1. The third-order valence-corrected chi connectivity index (χ3v) is 2.79. The lowest BCUT2D eigenvalue weighted by atomic mass is 10.1. The van der Waals surface area contributed by atoms with E-state index in [9.17, 15) is 9.18 Å². The average Bonchev–Trinajstić information content (AvgIpc) is 2.27. The Morgan fingerprint density at radius 3 is 2.67 bits per heavy atom. The number of ether oxygens (including phenoxy) is 1. The topological polar surface area (TPSA) is 42.1 Å². The number of hydrogen-bond acceptors (Lipinski definition) is 2. The van der Waals surface area contributed by atoms with Crippen LogP contribution in [0.25, 0.3) is 10.9 Å². The molecule has 96 valence electrons. The van der Waals surface area contributed by atoms with E-state index in [0.29, 0.717) is 16.8 Å². The molecule has 0 spiro atoms. The van der Waals surface area contributed by atoms with Crippen LogP contribution in [0.5, 0.6) is 5.75 Å². The van der Waals surface area contributed by atoms with E-state index in [0.717, 1.165) is 12.1 Å². The van der Waals surface area contributed by atoms with Crippen LogP contribution in [0.4, 0.5) is 4.39 Å². The molecule has 0 aliphatic rings. The molecule has 1 aromatic carbocycles. The highest BCUT2D eigenvalue weighted by molar-refractivity contribution is 5.80. The van der Waals surface area contributed by atoms with Crippen LogP contribution >= 0.6 is 0 Å². The standard InChI is InChI=1S/C14H16FNO2/c1-8(2)4-9-5-13(17)10-6-14(18-3)11(15)7-12(10)16-9/h5-8H,4H2,1-3H3,(H,16,17). The fraction of sp³-hybridized carbons (Fsp3) is 0.357. The van der Waals surface area contributed by atoms with Crippen molar-refractivity contribution < 1.29 is 9.13 Å². The van der Waals surface area contributed by atoms with Crippen LogP contribution in [-0.4, -0.2) is 12.1 Å². The first-order valence-electron chi connectivity index (χ1n) is 5.90. The van der Waals surface area contributed by atoms with Crippen molar-refractivity contribution in [2.75, 3.05) is 7.11 Å². The molecule has 1 N–H and O–H groups in total. The zero-order valence-electron chi connectivity index (χ0n) is 10.7. The molecular weight excluding hydrogens is 233 g/mol. The summed E-state index contributed by atoms with van der Waals surface area (Å²) in [5, 5.41) is 0.445. The number of aromatic amines is 1. The predicted molar refractivity (Wildman–Crippen MR) is 69.6 cm³/mol. The molecule has 0 aliphatic heterocycles. The first-order valence-corrected chi connectivity index (χ1v) is 5.90. The highest BCUT2D eigenvalue weighted by Crippen LogP contribution is 2.22. The minimum absolute atomic E-state index is 0.0876. The summed E-state index contributed by atoms with van der Waals surface area (Å²) in [4.78, 5) is 15.1. The minimum Gasteiger partial charge on any atom is -0.494 e. The quantitative estimate of drug-likeness (QED) is 0.908. The van der Waals surface area contributed by atoms with E-state index in [-0.39, 0.29) is 11.2 Å². The van der Waals surface area contributed by atoms with Crippen molar-refractivity contribution in [3.8, 4) is 5.75 Å². The van der Waals surface area contributed by atoms with E-state index in [2.05, 4.69) is 18.8 Å². The zero-order valence-corrected chi connectivity index (χ0v) is 10.7. The van der Waals surface area contributed by atoms with Gasteiger partial charge in [0, 0.05) is 23.2 Å². The number of benzene rings is 1. The van der Waals surface area contributed by atoms with Crippen molar-refractivity contribution in [1.29, 1.82) is 0 Å². The lowest BCUT2D eigenvalue weighted by Gasteiger charge is -2.08. The van der Waals surface area contributed by atoms with Gasteiger partial charge in [0.2, 0.25) is 0 Å². The molecule has 0 amide bonds. The van der Waals surface area contributed by atoms with Crippen LogP contribution in [0.15, 0.2) is 23.0 Å². The Kier molecular flexibility index (Phi) is 3.36. The van der Waals surface area contributed by atoms with Gasteiger partial charge in [-0.15, -0.1) is 0 Å². The maximum atomic E-state index is 13.6. The second-order valence-corrected chi connectivity index (χ2v) is 4.79. The number of hydrogen-bond donors (Lipinski definition) is 1. The first kappa shape index (κ1) is 12.6. The fourth-order valence-electron chi connectivity index (χ4n) is 2.01. The third-order valence-electron chi connectivity index (χ3n) is 2.79. The number of halogens is 1. The van der Waals surface area contributed by atoms with Crippen molar-refractivity contribution in [1.82, 2.24) is 4.98 Å². The van der Waals surface area contributed by atoms with Crippen LogP contribution in [0.3, 0.4) is 0 Å². The second-order valence-electron chi connectivity index (χ2n) is 4.79. The maximum absolute atomic E-state index is 13.6. The smallest absolute Gasteiger partial charge is 0.189 e. The summed E-state index contributed by atoms with van der Waals surface area (Å²) in [6.07, 6.45) is 0.763. The predicted octanol–water partition coefficient (Wildman–Crippen LogP) is 2.87. The van der Waals surface area contributed by atoms with Gasteiger partial charge in [-0.2, -0.15) is 0 Å². The van der Waals surface area contributed by atoms with E-state index in [4.69, 9.17) is 4.74 Å². The molecule has 0 radical (unpaired) electrons. The number of pyridine rings is 1. The van der Waals surface area contributed by atoms with Crippen LogP contribution in [0.1, 0.15) is 19.5 Å². The van der Waals surface area contributed by atoms with Gasteiger partial charge in [-0.05, 0) is 18.4 Å². The number of H-pyrrole nitrogens is 1. The molecular formula is C14H16FNO2. The third kappa shape index (κ3) is 2.37. The largest absolute Gasteiger partial charge is 0.494 e. The summed E-state index contributed by atoms with van der Waals surface area (Å²) in [5.41, 5.74) is 1.22. The van der Waals surface area contributed by atoms with E-state index in [1.807, 2.05) is 0 Å². The molecule has 0 unspecified atom stereocenters. The van der Waals surface area contributed by atoms with Gasteiger partial charge in [0.15, 0.2) is 17.0 Å². The molecule has 0 atom stereocenters. The second kappa shape index (κ2) is 4.80. The van der Waals surface area contributed by atoms with Gasteiger partial charge in [-0.25, -0.2) is 4.39 Å². The van der Waals surface area contributed by atoms with Crippen LogP contribution in [0.2, 0.25) is 0 Å². The fourth-order valence-corrected chi connectivity index (χ4v) is 2.01. The molecule has 1 aromatic heterocycles. The Balaban J connectivity index is 2.63. The number of fused-ring (bicyclic) bond motifs is 1. The molecule has 18 heavy (non-hydrogen) atoms. The van der Waals surface area contributed by atoms with Gasteiger partial charge >= 0.3 is 0 Å². The number of nitrogens with one attached hydrogen (secondary N) is 1. The van der Waals surface area contributed by atoms with Crippen molar-refractivity contribution in [3.63, 3.8) is 0 Å². The summed E-state index contributed by atoms with van der Waals surface area (Å²) in [7, 11) is 1.38. The van der Waals surface area contributed by atoms with Crippen molar-refractivity contribution >= 4 is 10.9 Å². The summed E-state index contributed by atoms with van der Waals surface area (Å²) in [5.74, 6) is 0.0492. The molecule has 4 heteroatoms. The van der Waals surface area contributed by atoms with Gasteiger partial charge in [0.05, 0.1) is 12.6 Å². The Hall–Kier alpha value is -1.84. The van der Waals surface area contributed by atoms with Crippen LogP contribution in [-0.2, 0) is 6.42 Å². The molecule has 2 aromatic rings. The van der Waals surface area contributed by atoms with Gasteiger partial charge < -0.3 is 9.72 Å². The normalized spacial score (nSPS) is 11.2. The maximum Gasteiger partial charge on any atom is 0.189 e. The molecule has 0 fully saturated rings. The lowest BCUT2D eigenvalue weighted by molar-refractivity contribution is 0.387. The Morgan fingerprint density at radius 2 is 2.06 bits per heavy atom. The summed E-state index contributed by atoms with van der Waals surface area (Å²) >= 11 is 0. The van der Waals surface area contributed by atoms with Crippen molar-refractivity contribution in [3.05, 3.63) is 39.9 Å². The van der Waals surface area contributed by atoms with Crippen LogP contribution in [0, 0.1) is 11.7 Å². The molecule has 0 aliphatic carbocycles. The van der Waals surface area contributed by atoms with Gasteiger partial charge in [-0.1, -0.05) is 13.8 Å². The Bertz CT molecular complexity index is 631. The van der Waals surface area contributed by atoms with E-state index >= 15 is 0 Å². The highest BCUT2D eigenvalue weighted by Gasteiger charge is 2.09. The van der Waals surface area contributed by atoms with E-state index in [1.165, 1.54) is 19.2 Å². The lowest BCUT2D eigenvalue weighted by Crippen LogP contribution is -2.08. The molecule has 1 heterocycles. The molecule has 3 nitrogen and oxygen atoms in total. The van der Waals surface area contributed by atoms with Crippen LogP contribution < -0.4 is 10.2 Å². The molecule has 0 saturated carbocycles. The first-order chi connectivity index (χ1) is 8.51. The van der Waals surface area contributed by atoms with Crippen molar-refractivity contribution in [2.24, 2.45) is 5.92 Å². The average molecular weight is 249 g/mol. The Labute approximate surface area is 105 Å². The number of rotatable bonds is 3. The zero-order chi connectivity index (χ0) is 13.3. The van der Waals surface area contributed by atoms with Gasteiger partial charge in [-0.3, -0.25) is 4.79 Å². The summed E-state index contributed by atoms with van der Waals surface area (Å²) in [6, 6.07) is 4.31. The summed E-state index contributed by atoms with van der Waals surface area (Å²) in [6.45, 7) is 4.13. The van der Waals surface area contributed by atoms with Gasteiger partial charge in [0.1, 0.15) is 0 Å². The minimum atomic E-state index is -0.470. The van der Waals surface area contributed by atoms with Crippen molar-refractivity contribution in [2.45, 2.75) is 20.3 Å². The van der Waals surface area contributed by atoms with Gasteiger partial charge in [0.25, 0.3) is 0 Å².